The molecule has 13 heteroatoms. The average Bonchev–Trinajstić information content (AvgIpc) is 3.36. The number of piperidine rings is 1. The van der Waals surface area contributed by atoms with E-state index in [1.807, 2.05) is 12.1 Å². The van der Waals surface area contributed by atoms with Gasteiger partial charge >= 0.3 is 6.18 Å². The first kappa shape index (κ1) is 23.6. The zero-order valence-corrected chi connectivity index (χ0v) is 18.7. The number of sulfonamides is 1. The van der Waals surface area contributed by atoms with Gasteiger partial charge in [-0.25, -0.2) is 18.1 Å². The quantitative estimate of drug-likeness (QED) is 0.423. The van der Waals surface area contributed by atoms with Crippen molar-refractivity contribution in [3.63, 3.8) is 0 Å². The van der Waals surface area contributed by atoms with Gasteiger partial charge in [0.25, 0.3) is 0 Å². The second-order valence-corrected chi connectivity index (χ2v) is 11.1. The van der Waals surface area contributed by atoms with Crippen molar-refractivity contribution in [1.29, 1.82) is 0 Å². The van der Waals surface area contributed by atoms with Crippen molar-refractivity contribution >= 4 is 10.0 Å². The molecule has 4 aliphatic rings. The van der Waals surface area contributed by atoms with Gasteiger partial charge in [0.2, 0.25) is 10.0 Å². The van der Waals surface area contributed by atoms with Gasteiger partial charge in [-0.05, 0) is 31.6 Å². The molecule has 0 aromatic carbocycles. The number of hydrogen-bond donors (Lipinski definition) is 4. The summed E-state index contributed by atoms with van der Waals surface area (Å²) in [5.74, 6) is 0.363. The van der Waals surface area contributed by atoms with Crippen molar-refractivity contribution in [2.24, 2.45) is 5.92 Å². The summed E-state index contributed by atoms with van der Waals surface area (Å²) in [6.45, 7) is 1.04. The lowest BCUT2D eigenvalue weighted by Crippen LogP contribution is -2.62. The highest BCUT2D eigenvalue weighted by molar-refractivity contribution is 7.90. The number of nitrogens with one attached hydrogen (secondary N) is 4. The zero-order chi connectivity index (χ0) is 22.4. The SMILES string of the molecule is COC1CCC2CNN(C)C2C1NS(=O)(=O)C1CCC(N2CNC(C(F)(F)F)C2)NC1. The molecule has 0 aromatic heterocycles. The fourth-order valence-electron chi connectivity index (χ4n) is 5.52. The minimum atomic E-state index is -4.28. The summed E-state index contributed by atoms with van der Waals surface area (Å²) in [4.78, 5) is 1.69. The molecular weight excluding hydrogens is 437 g/mol. The first-order valence-electron chi connectivity index (χ1n) is 10.9. The van der Waals surface area contributed by atoms with Gasteiger partial charge < -0.3 is 10.1 Å². The highest BCUT2D eigenvalue weighted by Gasteiger charge is 2.48. The Morgan fingerprint density at radius 1 is 1.10 bits per heavy atom. The van der Waals surface area contributed by atoms with E-state index in [4.69, 9.17) is 4.74 Å². The average molecular weight is 471 g/mol. The predicted molar refractivity (Wildman–Crippen MR) is 108 cm³/mol. The van der Waals surface area contributed by atoms with Gasteiger partial charge in [0.15, 0.2) is 0 Å². The Kier molecular flexibility index (Phi) is 6.86. The van der Waals surface area contributed by atoms with E-state index in [2.05, 4.69) is 20.8 Å². The highest BCUT2D eigenvalue weighted by Crippen LogP contribution is 2.33. The Hall–Kier alpha value is -0.540. The third kappa shape index (κ3) is 4.88. The molecule has 1 aliphatic carbocycles. The number of fused-ring (bicyclic) bond motifs is 1. The molecule has 7 atom stereocenters. The monoisotopic (exact) mass is 470 g/mol. The van der Waals surface area contributed by atoms with E-state index in [9.17, 15) is 21.6 Å². The minimum absolute atomic E-state index is 0.0211. The fraction of sp³-hybridized carbons (Fsp3) is 1.00. The van der Waals surface area contributed by atoms with E-state index in [-0.39, 0.29) is 44.1 Å². The van der Waals surface area contributed by atoms with Crippen LogP contribution >= 0.6 is 0 Å². The molecule has 0 amide bonds. The van der Waals surface area contributed by atoms with Crippen LogP contribution in [0.2, 0.25) is 0 Å². The summed E-state index contributed by atoms with van der Waals surface area (Å²) in [6.07, 6.45) is -2.09. The van der Waals surface area contributed by atoms with Crippen LogP contribution in [0.1, 0.15) is 25.7 Å². The van der Waals surface area contributed by atoms with E-state index < -0.39 is 27.5 Å². The van der Waals surface area contributed by atoms with E-state index >= 15 is 0 Å². The number of ether oxygens (including phenoxy) is 1. The molecule has 0 spiro atoms. The van der Waals surface area contributed by atoms with Crippen LogP contribution in [-0.2, 0) is 14.8 Å². The van der Waals surface area contributed by atoms with Crippen LogP contribution in [0, 0.1) is 5.92 Å². The standard InChI is InChI=1S/C18H33F3N6O3S/c1-26-17-11(7-24-26)3-5-13(30-2)16(17)25-31(28,29)12-4-6-15(22-8-12)27-9-14(23-10-27)18(19,20)21/h11-17,22-25H,3-10H2,1-2H3. The molecule has 3 heterocycles. The number of methoxy groups -OCH3 is 1. The van der Waals surface area contributed by atoms with Gasteiger partial charge in [0.05, 0.1) is 30.2 Å². The lowest BCUT2D eigenvalue weighted by molar-refractivity contribution is -0.150. The first-order valence-corrected chi connectivity index (χ1v) is 12.4. The highest BCUT2D eigenvalue weighted by atomic mass is 32.2. The number of likely N-dealkylation sites (N-methyl/N-ethyl adjacent to an activating group) is 1. The Bertz CT molecular complexity index is 734. The molecule has 31 heavy (non-hydrogen) atoms. The van der Waals surface area contributed by atoms with Crippen LogP contribution in [0.25, 0.3) is 0 Å². The summed E-state index contributed by atoms with van der Waals surface area (Å²) in [5.41, 5.74) is 3.29. The van der Waals surface area contributed by atoms with Crippen molar-refractivity contribution in [2.45, 2.75) is 67.5 Å². The van der Waals surface area contributed by atoms with Gasteiger partial charge in [-0.3, -0.25) is 15.6 Å². The second kappa shape index (κ2) is 9.01. The minimum Gasteiger partial charge on any atom is -0.380 e. The summed E-state index contributed by atoms with van der Waals surface area (Å²) in [7, 11) is -0.0936. The molecular formula is C18H33F3N6O3S. The molecule has 3 saturated heterocycles. The third-order valence-corrected chi connectivity index (χ3v) is 9.18. The number of hydrogen-bond acceptors (Lipinski definition) is 8. The Labute approximate surface area is 181 Å². The van der Waals surface area contributed by atoms with Gasteiger partial charge in [0.1, 0.15) is 6.04 Å². The van der Waals surface area contributed by atoms with Gasteiger partial charge in [-0.1, -0.05) is 0 Å². The summed E-state index contributed by atoms with van der Waals surface area (Å²) >= 11 is 0. The van der Waals surface area contributed by atoms with Crippen LogP contribution in [-0.4, -0.2) is 101 Å². The van der Waals surface area contributed by atoms with E-state index in [1.54, 1.807) is 12.0 Å². The maximum Gasteiger partial charge on any atom is 0.405 e. The third-order valence-electron chi connectivity index (χ3n) is 7.30. The predicted octanol–water partition coefficient (Wildman–Crippen LogP) is -0.610. The van der Waals surface area contributed by atoms with E-state index in [0.29, 0.717) is 18.8 Å². The summed E-state index contributed by atoms with van der Waals surface area (Å²) in [5, 5.41) is 6.99. The molecule has 0 aromatic rings. The van der Waals surface area contributed by atoms with Crippen molar-refractivity contribution in [3.05, 3.63) is 0 Å². The number of hydrazine groups is 1. The van der Waals surface area contributed by atoms with Crippen LogP contribution in [0.15, 0.2) is 0 Å². The normalized spacial score (nSPS) is 40.9. The molecule has 7 unspecified atom stereocenters. The smallest absolute Gasteiger partial charge is 0.380 e. The molecule has 180 valence electrons. The molecule has 3 aliphatic heterocycles. The van der Waals surface area contributed by atoms with E-state index in [1.165, 1.54) is 0 Å². The number of nitrogens with zero attached hydrogens (tertiary/aromatic N) is 2. The molecule has 0 bridgehead atoms. The van der Waals surface area contributed by atoms with Crippen molar-refractivity contribution < 1.29 is 26.3 Å². The van der Waals surface area contributed by atoms with Crippen LogP contribution in [0.3, 0.4) is 0 Å². The Balaban J connectivity index is 1.36. The molecule has 4 rings (SSSR count). The summed E-state index contributed by atoms with van der Waals surface area (Å²) < 4.78 is 73.7. The Morgan fingerprint density at radius 3 is 2.48 bits per heavy atom. The topological polar surface area (TPSA) is 98.0 Å². The zero-order valence-electron chi connectivity index (χ0n) is 17.9. The second-order valence-electron chi connectivity index (χ2n) is 9.12. The molecule has 4 fully saturated rings. The van der Waals surface area contributed by atoms with E-state index in [0.717, 1.165) is 19.4 Å². The summed E-state index contributed by atoms with van der Waals surface area (Å²) in [6, 6.07) is -1.87. The van der Waals surface area contributed by atoms with Crippen LogP contribution < -0.4 is 20.8 Å². The van der Waals surface area contributed by atoms with Gasteiger partial charge in [-0.2, -0.15) is 13.2 Å². The maximum absolute atomic E-state index is 13.2. The fourth-order valence-corrected chi connectivity index (χ4v) is 7.15. The maximum atomic E-state index is 13.2. The number of rotatable bonds is 5. The molecule has 4 N–H and O–H groups in total. The lowest BCUT2D eigenvalue weighted by atomic mass is 9.80. The number of alkyl halides is 3. The van der Waals surface area contributed by atoms with Crippen molar-refractivity contribution in [2.75, 3.05) is 40.5 Å². The number of halogens is 3. The van der Waals surface area contributed by atoms with Crippen molar-refractivity contribution in [1.82, 2.24) is 30.7 Å². The van der Waals surface area contributed by atoms with Crippen molar-refractivity contribution in [3.8, 4) is 0 Å². The van der Waals surface area contributed by atoms with Crippen LogP contribution in [0.4, 0.5) is 13.2 Å². The largest absolute Gasteiger partial charge is 0.405 e. The lowest BCUT2D eigenvalue weighted by Gasteiger charge is -2.42. The first-order chi connectivity index (χ1) is 14.6. The van der Waals surface area contributed by atoms with Gasteiger partial charge in [-0.15, -0.1) is 0 Å². The molecule has 9 nitrogen and oxygen atoms in total. The van der Waals surface area contributed by atoms with Crippen LogP contribution in [0.5, 0.6) is 0 Å². The Morgan fingerprint density at radius 2 is 1.87 bits per heavy atom. The molecule has 0 radical (unpaired) electrons. The van der Waals surface area contributed by atoms with Gasteiger partial charge in [0, 0.05) is 39.8 Å². The molecule has 1 saturated carbocycles.